The first-order valence-electron chi connectivity index (χ1n) is 6.18. The summed E-state index contributed by atoms with van der Waals surface area (Å²) in [7, 11) is 1.70. The van der Waals surface area contributed by atoms with Crippen molar-refractivity contribution in [1.82, 2.24) is 14.9 Å². The lowest BCUT2D eigenvalue weighted by atomic mass is 10.2. The SMILES string of the molecule is COCCNCc1cncn1C(C)c1ccc(Cl)s1. The van der Waals surface area contributed by atoms with Gasteiger partial charge in [0.1, 0.15) is 0 Å². The fraction of sp³-hybridized carbons (Fsp3) is 0.462. The van der Waals surface area contributed by atoms with Crippen LogP contribution in [0.25, 0.3) is 0 Å². The Kier molecular flexibility index (Phi) is 5.39. The van der Waals surface area contributed by atoms with Crippen LogP contribution in [0.15, 0.2) is 24.7 Å². The Balaban J connectivity index is 2.02. The van der Waals surface area contributed by atoms with Crippen LogP contribution in [0.5, 0.6) is 0 Å². The van der Waals surface area contributed by atoms with Crippen molar-refractivity contribution in [2.45, 2.75) is 19.5 Å². The van der Waals surface area contributed by atoms with Gasteiger partial charge < -0.3 is 14.6 Å². The second-order valence-electron chi connectivity index (χ2n) is 4.28. The highest BCUT2D eigenvalue weighted by Gasteiger charge is 2.13. The van der Waals surface area contributed by atoms with Crippen LogP contribution in [0.4, 0.5) is 0 Å². The Morgan fingerprint density at radius 3 is 3.05 bits per heavy atom. The van der Waals surface area contributed by atoms with E-state index in [2.05, 4.69) is 27.9 Å². The Labute approximate surface area is 122 Å². The van der Waals surface area contributed by atoms with Crippen molar-refractivity contribution in [3.63, 3.8) is 0 Å². The van der Waals surface area contributed by atoms with Gasteiger partial charge in [0.25, 0.3) is 0 Å². The third kappa shape index (κ3) is 3.79. The largest absolute Gasteiger partial charge is 0.383 e. The number of halogens is 1. The maximum absolute atomic E-state index is 5.99. The van der Waals surface area contributed by atoms with Crippen LogP contribution in [0, 0.1) is 0 Å². The minimum Gasteiger partial charge on any atom is -0.383 e. The predicted octanol–water partition coefficient (Wildman–Crippen LogP) is 2.94. The van der Waals surface area contributed by atoms with E-state index in [1.807, 2.05) is 18.6 Å². The monoisotopic (exact) mass is 299 g/mol. The molecule has 6 heteroatoms. The summed E-state index contributed by atoms with van der Waals surface area (Å²) < 4.78 is 8.00. The maximum atomic E-state index is 5.99. The van der Waals surface area contributed by atoms with Gasteiger partial charge in [0.2, 0.25) is 0 Å². The van der Waals surface area contributed by atoms with Crippen molar-refractivity contribution in [1.29, 1.82) is 0 Å². The Bertz CT molecular complexity index is 511. The highest BCUT2D eigenvalue weighted by atomic mass is 35.5. The first kappa shape index (κ1) is 14.5. The molecule has 0 radical (unpaired) electrons. The van der Waals surface area contributed by atoms with Crippen LogP contribution >= 0.6 is 22.9 Å². The minimum absolute atomic E-state index is 0.249. The van der Waals surface area contributed by atoms with Gasteiger partial charge in [0.05, 0.1) is 29.0 Å². The molecular weight excluding hydrogens is 282 g/mol. The second-order valence-corrected chi connectivity index (χ2v) is 6.03. The summed E-state index contributed by atoms with van der Waals surface area (Å²) >= 11 is 7.60. The van der Waals surface area contributed by atoms with E-state index in [4.69, 9.17) is 16.3 Å². The molecule has 0 amide bonds. The molecule has 0 saturated carbocycles. The molecule has 19 heavy (non-hydrogen) atoms. The molecule has 0 saturated heterocycles. The number of thiophene rings is 1. The van der Waals surface area contributed by atoms with Crippen LogP contribution in [0.1, 0.15) is 23.5 Å². The smallest absolute Gasteiger partial charge is 0.0954 e. The molecule has 0 aromatic carbocycles. The van der Waals surface area contributed by atoms with E-state index < -0.39 is 0 Å². The summed E-state index contributed by atoms with van der Waals surface area (Å²) in [6.07, 6.45) is 3.76. The van der Waals surface area contributed by atoms with Crippen molar-refractivity contribution in [2.24, 2.45) is 0 Å². The summed E-state index contributed by atoms with van der Waals surface area (Å²) in [5, 5.41) is 3.33. The zero-order valence-corrected chi connectivity index (χ0v) is 12.7. The van der Waals surface area contributed by atoms with Crippen molar-refractivity contribution >= 4 is 22.9 Å². The van der Waals surface area contributed by atoms with E-state index in [0.717, 1.165) is 23.1 Å². The fourth-order valence-electron chi connectivity index (χ4n) is 1.90. The number of nitrogens with one attached hydrogen (secondary N) is 1. The quantitative estimate of drug-likeness (QED) is 0.799. The standard InChI is InChI=1S/C13H18ClN3OS/c1-10(12-3-4-13(14)19-12)17-9-16-8-11(17)7-15-5-6-18-2/h3-4,8-10,15H,5-7H2,1-2H3. The summed E-state index contributed by atoms with van der Waals surface area (Å²) in [5.41, 5.74) is 1.16. The van der Waals surface area contributed by atoms with Crippen LogP contribution in [0.2, 0.25) is 4.34 Å². The molecule has 0 fully saturated rings. The summed E-state index contributed by atoms with van der Waals surface area (Å²) in [5.74, 6) is 0. The summed E-state index contributed by atoms with van der Waals surface area (Å²) in [6.45, 7) is 4.49. The van der Waals surface area contributed by atoms with Gasteiger partial charge in [-0.2, -0.15) is 0 Å². The number of rotatable bonds is 7. The Morgan fingerprint density at radius 2 is 2.37 bits per heavy atom. The molecule has 2 heterocycles. The molecule has 104 valence electrons. The van der Waals surface area contributed by atoms with Crippen LogP contribution in [-0.4, -0.2) is 29.8 Å². The van der Waals surface area contributed by atoms with Gasteiger partial charge in [-0.3, -0.25) is 0 Å². The topological polar surface area (TPSA) is 39.1 Å². The number of hydrogen-bond donors (Lipinski definition) is 1. The molecule has 4 nitrogen and oxygen atoms in total. The maximum Gasteiger partial charge on any atom is 0.0954 e. The lowest BCUT2D eigenvalue weighted by molar-refractivity contribution is 0.199. The molecule has 0 spiro atoms. The zero-order valence-electron chi connectivity index (χ0n) is 11.1. The predicted molar refractivity (Wildman–Crippen MR) is 79.0 cm³/mol. The van der Waals surface area contributed by atoms with Crippen molar-refractivity contribution in [3.8, 4) is 0 Å². The van der Waals surface area contributed by atoms with Gasteiger partial charge in [-0.05, 0) is 19.1 Å². The summed E-state index contributed by atoms with van der Waals surface area (Å²) in [4.78, 5) is 5.47. The first-order chi connectivity index (χ1) is 9.22. The second kappa shape index (κ2) is 7.05. The molecule has 2 aromatic rings. The number of hydrogen-bond acceptors (Lipinski definition) is 4. The van der Waals surface area contributed by atoms with E-state index in [0.29, 0.717) is 6.61 Å². The van der Waals surface area contributed by atoms with E-state index >= 15 is 0 Å². The van der Waals surface area contributed by atoms with Crippen LogP contribution < -0.4 is 5.32 Å². The first-order valence-corrected chi connectivity index (χ1v) is 7.37. The molecule has 0 aliphatic rings. The zero-order chi connectivity index (χ0) is 13.7. The third-order valence-electron chi connectivity index (χ3n) is 2.96. The molecule has 2 aromatic heterocycles. The number of methoxy groups -OCH3 is 1. The Hall–Kier alpha value is -0.880. The lowest BCUT2D eigenvalue weighted by Crippen LogP contribution is -2.21. The summed E-state index contributed by atoms with van der Waals surface area (Å²) in [6, 6.07) is 4.25. The molecule has 1 N–H and O–H groups in total. The molecule has 1 atom stereocenters. The van der Waals surface area contributed by atoms with Gasteiger partial charge >= 0.3 is 0 Å². The molecule has 0 aliphatic heterocycles. The van der Waals surface area contributed by atoms with Crippen LogP contribution in [0.3, 0.4) is 0 Å². The lowest BCUT2D eigenvalue weighted by Gasteiger charge is -2.15. The van der Waals surface area contributed by atoms with Crippen LogP contribution in [-0.2, 0) is 11.3 Å². The molecule has 0 bridgehead atoms. The molecule has 0 aliphatic carbocycles. The molecular formula is C13H18ClN3OS. The van der Waals surface area contributed by atoms with E-state index in [1.54, 1.807) is 18.4 Å². The molecule has 2 rings (SSSR count). The average molecular weight is 300 g/mol. The normalized spacial score (nSPS) is 12.8. The number of imidazole rings is 1. The fourth-order valence-corrected chi connectivity index (χ4v) is 3.01. The van der Waals surface area contributed by atoms with Gasteiger partial charge in [-0.15, -0.1) is 11.3 Å². The van der Waals surface area contributed by atoms with Gasteiger partial charge in [0.15, 0.2) is 0 Å². The Morgan fingerprint density at radius 1 is 1.53 bits per heavy atom. The van der Waals surface area contributed by atoms with Gasteiger partial charge in [0, 0.05) is 31.3 Å². The van der Waals surface area contributed by atoms with E-state index in [1.165, 1.54) is 4.88 Å². The number of ether oxygens (including phenoxy) is 1. The third-order valence-corrected chi connectivity index (χ3v) is 4.36. The average Bonchev–Trinajstić information content (AvgIpc) is 3.03. The number of aromatic nitrogens is 2. The van der Waals surface area contributed by atoms with Gasteiger partial charge in [-0.25, -0.2) is 4.98 Å². The van der Waals surface area contributed by atoms with Gasteiger partial charge in [-0.1, -0.05) is 11.6 Å². The number of nitrogens with zero attached hydrogens (tertiary/aromatic N) is 2. The highest BCUT2D eigenvalue weighted by molar-refractivity contribution is 7.16. The minimum atomic E-state index is 0.249. The molecule has 1 unspecified atom stereocenters. The van der Waals surface area contributed by atoms with Crippen molar-refractivity contribution in [3.05, 3.63) is 39.6 Å². The van der Waals surface area contributed by atoms with Crippen molar-refractivity contribution < 1.29 is 4.74 Å². The van der Waals surface area contributed by atoms with Crippen molar-refractivity contribution in [2.75, 3.05) is 20.3 Å². The van der Waals surface area contributed by atoms with E-state index in [-0.39, 0.29) is 6.04 Å². The highest BCUT2D eigenvalue weighted by Crippen LogP contribution is 2.29. The van der Waals surface area contributed by atoms with E-state index in [9.17, 15) is 0 Å².